The summed E-state index contributed by atoms with van der Waals surface area (Å²) >= 11 is 0. The fraction of sp³-hybridized carbons (Fsp3) is 0.286. The van der Waals surface area contributed by atoms with E-state index >= 15 is 0 Å². The molecule has 1 rings (SSSR count). The van der Waals surface area contributed by atoms with Crippen LogP contribution in [0.15, 0.2) is 43.0 Å². The first-order chi connectivity index (χ1) is 7.19. The summed E-state index contributed by atoms with van der Waals surface area (Å²) in [6.45, 7) is 7.94. The second-order valence-corrected chi connectivity index (χ2v) is 3.76. The quantitative estimate of drug-likeness (QED) is 0.583. The van der Waals surface area contributed by atoms with Gasteiger partial charge in [-0.25, -0.2) is 0 Å². The Labute approximate surface area is 92.3 Å². The summed E-state index contributed by atoms with van der Waals surface area (Å²) in [7, 11) is 0. The predicted octanol–water partition coefficient (Wildman–Crippen LogP) is 3.68. The zero-order chi connectivity index (χ0) is 11.3. The van der Waals surface area contributed by atoms with Gasteiger partial charge in [-0.2, -0.15) is 0 Å². The van der Waals surface area contributed by atoms with E-state index in [0.717, 1.165) is 12.1 Å². The minimum atomic E-state index is 0.315. The number of benzene rings is 1. The fourth-order valence-electron chi connectivity index (χ4n) is 1.53. The van der Waals surface area contributed by atoms with Crippen LogP contribution in [-0.4, -0.2) is 0 Å². The van der Waals surface area contributed by atoms with Crippen molar-refractivity contribution in [2.75, 3.05) is 5.73 Å². The molecule has 1 aromatic rings. The fourth-order valence-corrected chi connectivity index (χ4v) is 1.53. The Balaban J connectivity index is 2.99. The first-order valence-corrected chi connectivity index (χ1v) is 5.31. The van der Waals surface area contributed by atoms with Gasteiger partial charge in [0.05, 0.1) is 0 Å². The molecule has 0 aliphatic rings. The van der Waals surface area contributed by atoms with Gasteiger partial charge in [0, 0.05) is 11.6 Å². The van der Waals surface area contributed by atoms with Crippen LogP contribution in [0.5, 0.6) is 0 Å². The SMILES string of the molecule is C=CC(C)c1cc(C/C=C/C)ccc1N. The molecule has 0 bridgehead atoms. The van der Waals surface area contributed by atoms with Gasteiger partial charge < -0.3 is 5.73 Å². The summed E-state index contributed by atoms with van der Waals surface area (Å²) in [5.41, 5.74) is 9.25. The van der Waals surface area contributed by atoms with E-state index in [-0.39, 0.29) is 0 Å². The zero-order valence-electron chi connectivity index (χ0n) is 9.53. The van der Waals surface area contributed by atoms with Gasteiger partial charge in [0.1, 0.15) is 0 Å². The largest absolute Gasteiger partial charge is 0.398 e. The lowest BCUT2D eigenvalue weighted by Gasteiger charge is -2.11. The average Bonchev–Trinajstić information content (AvgIpc) is 2.27. The Hall–Kier alpha value is -1.50. The highest BCUT2D eigenvalue weighted by molar-refractivity contribution is 5.51. The van der Waals surface area contributed by atoms with Crippen LogP contribution in [0.25, 0.3) is 0 Å². The number of anilines is 1. The molecule has 80 valence electrons. The number of hydrogen-bond acceptors (Lipinski definition) is 1. The van der Waals surface area contributed by atoms with Crippen molar-refractivity contribution in [3.63, 3.8) is 0 Å². The Kier molecular flexibility index (Phi) is 4.17. The van der Waals surface area contributed by atoms with Crippen LogP contribution in [0, 0.1) is 0 Å². The zero-order valence-corrected chi connectivity index (χ0v) is 9.53. The first kappa shape index (κ1) is 11.6. The minimum absolute atomic E-state index is 0.315. The third kappa shape index (κ3) is 2.98. The lowest BCUT2D eigenvalue weighted by molar-refractivity contribution is 0.969. The van der Waals surface area contributed by atoms with Crippen LogP contribution >= 0.6 is 0 Å². The lowest BCUT2D eigenvalue weighted by Crippen LogP contribution is -1.98. The van der Waals surface area contributed by atoms with Crippen molar-refractivity contribution in [2.45, 2.75) is 26.2 Å². The van der Waals surface area contributed by atoms with Gasteiger partial charge >= 0.3 is 0 Å². The van der Waals surface area contributed by atoms with Gasteiger partial charge in [-0.3, -0.25) is 0 Å². The first-order valence-electron chi connectivity index (χ1n) is 5.31. The molecule has 0 radical (unpaired) electrons. The normalized spacial score (nSPS) is 12.9. The second kappa shape index (κ2) is 5.40. The summed E-state index contributed by atoms with van der Waals surface area (Å²) in [4.78, 5) is 0. The Morgan fingerprint density at radius 3 is 2.80 bits per heavy atom. The van der Waals surface area contributed by atoms with Gasteiger partial charge in [-0.15, -0.1) is 6.58 Å². The standard InChI is InChI=1S/C14H19N/c1-4-6-7-12-8-9-14(15)13(10-12)11(3)5-2/h4-6,8-11H,2,7,15H2,1,3H3/b6-4+. The molecule has 0 spiro atoms. The van der Waals surface area contributed by atoms with Crippen molar-refractivity contribution >= 4 is 5.69 Å². The van der Waals surface area contributed by atoms with E-state index in [4.69, 9.17) is 5.73 Å². The smallest absolute Gasteiger partial charge is 0.0352 e. The Morgan fingerprint density at radius 1 is 1.47 bits per heavy atom. The van der Waals surface area contributed by atoms with Crippen LogP contribution in [0.3, 0.4) is 0 Å². The molecule has 15 heavy (non-hydrogen) atoms. The van der Waals surface area contributed by atoms with E-state index in [2.05, 4.69) is 37.8 Å². The van der Waals surface area contributed by atoms with Crippen LogP contribution in [-0.2, 0) is 6.42 Å². The number of hydrogen-bond donors (Lipinski definition) is 1. The van der Waals surface area contributed by atoms with Crippen molar-refractivity contribution in [2.24, 2.45) is 0 Å². The molecule has 1 heteroatoms. The van der Waals surface area contributed by atoms with Gasteiger partial charge in [0.25, 0.3) is 0 Å². The maximum Gasteiger partial charge on any atom is 0.0352 e. The van der Waals surface area contributed by atoms with Crippen molar-refractivity contribution < 1.29 is 0 Å². The minimum Gasteiger partial charge on any atom is -0.398 e. The maximum atomic E-state index is 5.93. The van der Waals surface area contributed by atoms with Crippen LogP contribution < -0.4 is 5.73 Å². The van der Waals surface area contributed by atoms with E-state index in [0.29, 0.717) is 5.92 Å². The molecule has 0 fully saturated rings. The third-order valence-electron chi connectivity index (χ3n) is 2.58. The van der Waals surface area contributed by atoms with E-state index in [1.54, 1.807) is 0 Å². The molecule has 1 nitrogen and oxygen atoms in total. The van der Waals surface area contributed by atoms with Crippen LogP contribution in [0.4, 0.5) is 5.69 Å². The summed E-state index contributed by atoms with van der Waals surface area (Å²) < 4.78 is 0. The molecule has 1 unspecified atom stereocenters. The molecule has 0 saturated carbocycles. The number of nitrogen functional groups attached to an aromatic ring is 1. The highest BCUT2D eigenvalue weighted by Gasteiger charge is 2.05. The van der Waals surface area contributed by atoms with Crippen LogP contribution in [0.1, 0.15) is 30.9 Å². The monoisotopic (exact) mass is 201 g/mol. The molecule has 0 amide bonds. The Bertz CT molecular complexity index is 364. The molecular formula is C14H19N. The summed E-state index contributed by atoms with van der Waals surface area (Å²) in [5, 5.41) is 0. The summed E-state index contributed by atoms with van der Waals surface area (Å²) in [6, 6.07) is 6.23. The number of nitrogens with two attached hydrogens (primary N) is 1. The highest BCUT2D eigenvalue weighted by atomic mass is 14.6. The van der Waals surface area contributed by atoms with Crippen molar-refractivity contribution in [3.8, 4) is 0 Å². The molecule has 0 aliphatic carbocycles. The topological polar surface area (TPSA) is 26.0 Å². The predicted molar refractivity (Wildman–Crippen MR) is 68.0 cm³/mol. The maximum absolute atomic E-state index is 5.93. The Morgan fingerprint density at radius 2 is 2.20 bits per heavy atom. The van der Waals surface area contributed by atoms with E-state index < -0.39 is 0 Å². The van der Waals surface area contributed by atoms with E-state index in [9.17, 15) is 0 Å². The molecule has 0 saturated heterocycles. The highest BCUT2D eigenvalue weighted by Crippen LogP contribution is 2.24. The summed E-state index contributed by atoms with van der Waals surface area (Å²) in [5.74, 6) is 0.315. The van der Waals surface area contributed by atoms with Crippen molar-refractivity contribution in [1.29, 1.82) is 0 Å². The molecule has 1 atom stereocenters. The lowest BCUT2D eigenvalue weighted by atomic mass is 9.96. The van der Waals surface area contributed by atoms with Crippen molar-refractivity contribution in [3.05, 3.63) is 54.1 Å². The average molecular weight is 201 g/mol. The van der Waals surface area contributed by atoms with Gasteiger partial charge in [0.2, 0.25) is 0 Å². The van der Waals surface area contributed by atoms with Gasteiger partial charge in [0.15, 0.2) is 0 Å². The van der Waals surface area contributed by atoms with Crippen molar-refractivity contribution in [1.82, 2.24) is 0 Å². The van der Waals surface area contributed by atoms with Crippen LogP contribution in [0.2, 0.25) is 0 Å². The molecule has 1 aromatic carbocycles. The summed E-state index contributed by atoms with van der Waals surface area (Å²) in [6.07, 6.45) is 7.10. The number of rotatable bonds is 4. The van der Waals surface area contributed by atoms with Gasteiger partial charge in [-0.1, -0.05) is 37.3 Å². The molecule has 0 aliphatic heterocycles. The molecular weight excluding hydrogens is 182 g/mol. The van der Waals surface area contributed by atoms with Gasteiger partial charge in [-0.05, 0) is 30.5 Å². The number of allylic oxidation sites excluding steroid dienone is 3. The van der Waals surface area contributed by atoms with E-state index in [1.165, 1.54) is 11.1 Å². The molecule has 0 aromatic heterocycles. The molecule has 2 N–H and O–H groups in total. The van der Waals surface area contributed by atoms with E-state index in [1.807, 2.05) is 19.1 Å². The second-order valence-electron chi connectivity index (χ2n) is 3.76. The molecule has 0 heterocycles. The third-order valence-corrected chi connectivity index (χ3v) is 2.58.